The minimum absolute atomic E-state index is 0.00133. The predicted octanol–water partition coefficient (Wildman–Crippen LogP) is 12.1. The van der Waals surface area contributed by atoms with Crippen molar-refractivity contribution in [3.8, 4) is 11.5 Å². The standard InChI is InChI=1S/C45H58N4O7/c1-4-5-6-7-8-9-10-11-12-13-14-15-16-17-18-21-28-49(2)40-26-24-32(44(53)54)29-38(40)46-43(52)36-31-37(34-22-19-20-23-35(34)42(36)51)47-48-39-30-33(45(55)56-3)25-27-41(39)50/h19-20,22-27,29-31,50-51H,4-18,21,28H2,1-3H3,(H,46,52)(H,53,54)/b48-47+. The molecule has 4 N–H and O–H groups in total. The molecule has 0 spiro atoms. The van der Waals surface area contributed by atoms with Gasteiger partial charge in [0.1, 0.15) is 17.2 Å². The largest absolute Gasteiger partial charge is 0.506 e. The van der Waals surface area contributed by atoms with Crippen LogP contribution in [-0.4, -0.2) is 53.9 Å². The molecule has 0 aliphatic carbocycles. The minimum Gasteiger partial charge on any atom is -0.506 e. The first-order valence-corrected chi connectivity index (χ1v) is 20.1. The van der Waals surface area contributed by atoms with Crippen molar-refractivity contribution in [2.75, 3.05) is 30.9 Å². The summed E-state index contributed by atoms with van der Waals surface area (Å²) in [5.41, 5.74) is 1.20. The molecule has 0 radical (unpaired) electrons. The second-order valence-electron chi connectivity index (χ2n) is 14.4. The van der Waals surface area contributed by atoms with Gasteiger partial charge in [-0.1, -0.05) is 128 Å². The molecule has 0 aliphatic rings. The average Bonchev–Trinajstić information content (AvgIpc) is 3.20. The van der Waals surface area contributed by atoms with E-state index < -0.39 is 17.8 Å². The van der Waals surface area contributed by atoms with Crippen LogP contribution in [0.2, 0.25) is 0 Å². The molecule has 56 heavy (non-hydrogen) atoms. The topological polar surface area (TPSA) is 161 Å². The number of esters is 1. The third kappa shape index (κ3) is 12.8. The number of phenolic OH excluding ortho intramolecular Hbond substituents is 2. The molecule has 0 heterocycles. The van der Waals surface area contributed by atoms with E-state index in [9.17, 15) is 29.7 Å². The molecule has 0 atom stereocenters. The Morgan fingerprint density at radius 3 is 1.82 bits per heavy atom. The molecule has 4 rings (SSSR count). The lowest BCUT2D eigenvalue weighted by atomic mass is 10.0. The highest BCUT2D eigenvalue weighted by Gasteiger charge is 2.21. The number of aromatic carboxylic acids is 1. The van der Waals surface area contributed by atoms with Crippen LogP contribution < -0.4 is 10.2 Å². The number of carboxylic acids is 1. The zero-order chi connectivity index (χ0) is 40.3. The maximum Gasteiger partial charge on any atom is 0.337 e. The first-order chi connectivity index (χ1) is 27.1. The second kappa shape index (κ2) is 22.8. The van der Waals surface area contributed by atoms with E-state index in [1.54, 1.807) is 30.3 Å². The van der Waals surface area contributed by atoms with Crippen molar-refractivity contribution in [2.45, 2.75) is 110 Å². The molecule has 0 saturated heterocycles. The number of rotatable bonds is 24. The van der Waals surface area contributed by atoms with E-state index in [2.05, 4.69) is 22.5 Å². The van der Waals surface area contributed by atoms with Crippen LogP contribution in [0.4, 0.5) is 22.7 Å². The van der Waals surface area contributed by atoms with Gasteiger partial charge < -0.3 is 30.3 Å². The number of benzene rings is 4. The number of anilines is 2. The summed E-state index contributed by atoms with van der Waals surface area (Å²) in [6, 6.07) is 16.8. The van der Waals surface area contributed by atoms with E-state index in [0.717, 1.165) is 19.3 Å². The Bertz CT molecular complexity index is 1940. The Hall–Kier alpha value is -5.45. The van der Waals surface area contributed by atoms with Gasteiger partial charge >= 0.3 is 11.9 Å². The Morgan fingerprint density at radius 2 is 1.23 bits per heavy atom. The highest BCUT2D eigenvalue weighted by molar-refractivity contribution is 6.13. The third-order valence-electron chi connectivity index (χ3n) is 10.2. The fraction of sp³-hybridized carbons (Fsp3) is 0.444. The number of ether oxygens (including phenoxy) is 1. The summed E-state index contributed by atoms with van der Waals surface area (Å²) in [5.74, 6) is -2.94. The highest BCUT2D eigenvalue weighted by atomic mass is 16.5. The molecule has 0 fully saturated rings. The molecule has 4 aromatic rings. The van der Waals surface area contributed by atoms with Gasteiger partial charge in [-0.2, -0.15) is 0 Å². The third-order valence-corrected chi connectivity index (χ3v) is 10.2. The maximum atomic E-state index is 13.9. The van der Waals surface area contributed by atoms with Crippen molar-refractivity contribution in [2.24, 2.45) is 10.2 Å². The highest BCUT2D eigenvalue weighted by Crippen LogP contribution is 2.39. The molecule has 0 saturated carbocycles. The average molecular weight is 767 g/mol. The number of azo groups is 1. The SMILES string of the molecule is CCCCCCCCCCCCCCCCCCN(C)c1ccc(C(=O)O)cc1NC(=O)c1cc(/N=N/c2cc(C(=O)OC)ccc2O)c2ccccc2c1O. The summed E-state index contributed by atoms with van der Waals surface area (Å²) >= 11 is 0. The number of methoxy groups -OCH3 is 1. The quantitative estimate of drug-likeness (QED) is 0.0311. The van der Waals surface area contributed by atoms with E-state index in [0.29, 0.717) is 23.0 Å². The molecule has 0 bridgehead atoms. The molecule has 11 nitrogen and oxygen atoms in total. The smallest absolute Gasteiger partial charge is 0.337 e. The number of nitrogens with zero attached hydrogens (tertiary/aromatic N) is 3. The molecular weight excluding hydrogens is 709 g/mol. The van der Waals surface area contributed by atoms with Crippen LogP contribution in [-0.2, 0) is 4.74 Å². The number of aromatic hydroxyl groups is 2. The molecular formula is C45H58N4O7. The summed E-state index contributed by atoms with van der Waals surface area (Å²) in [6.45, 7) is 2.97. The molecule has 300 valence electrons. The van der Waals surface area contributed by atoms with Gasteiger partial charge in [0, 0.05) is 24.4 Å². The number of hydrogen-bond donors (Lipinski definition) is 4. The van der Waals surface area contributed by atoms with Gasteiger partial charge in [-0.3, -0.25) is 4.79 Å². The lowest BCUT2D eigenvalue weighted by Crippen LogP contribution is -2.22. The fourth-order valence-corrected chi connectivity index (χ4v) is 6.86. The van der Waals surface area contributed by atoms with Gasteiger partial charge in [-0.25, -0.2) is 9.59 Å². The van der Waals surface area contributed by atoms with Crippen LogP contribution in [0.1, 0.15) is 141 Å². The Balaban J connectivity index is 1.38. The number of carboxylic acid groups (broad SMARTS) is 1. The van der Waals surface area contributed by atoms with E-state index in [1.165, 1.54) is 127 Å². The summed E-state index contributed by atoms with van der Waals surface area (Å²) < 4.78 is 4.76. The molecule has 0 aromatic heterocycles. The van der Waals surface area contributed by atoms with Crippen LogP contribution in [0.5, 0.6) is 11.5 Å². The summed E-state index contributed by atoms with van der Waals surface area (Å²) in [6.07, 6.45) is 20.5. The van der Waals surface area contributed by atoms with Gasteiger partial charge in [0.15, 0.2) is 0 Å². The molecule has 1 amide bonds. The summed E-state index contributed by atoms with van der Waals surface area (Å²) in [5, 5.41) is 43.5. The van der Waals surface area contributed by atoms with Gasteiger partial charge in [-0.05, 0) is 48.9 Å². The van der Waals surface area contributed by atoms with Crippen LogP contribution >= 0.6 is 0 Å². The maximum absolute atomic E-state index is 13.9. The van der Waals surface area contributed by atoms with Crippen molar-refractivity contribution >= 4 is 51.4 Å². The zero-order valence-corrected chi connectivity index (χ0v) is 33.2. The second-order valence-corrected chi connectivity index (χ2v) is 14.4. The van der Waals surface area contributed by atoms with Crippen LogP contribution in [0, 0.1) is 0 Å². The normalized spacial score (nSPS) is 11.3. The van der Waals surface area contributed by atoms with Crippen molar-refractivity contribution in [3.05, 3.63) is 83.4 Å². The first-order valence-electron chi connectivity index (χ1n) is 20.1. The number of nitrogens with one attached hydrogen (secondary N) is 1. The predicted molar refractivity (Wildman–Crippen MR) is 223 cm³/mol. The molecule has 0 unspecified atom stereocenters. The van der Waals surface area contributed by atoms with Crippen molar-refractivity contribution < 1.29 is 34.4 Å². The van der Waals surface area contributed by atoms with Gasteiger partial charge in [0.05, 0.1) is 40.9 Å². The zero-order valence-electron chi connectivity index (χ0n) is 33.2. The van der Waals surface area contributed by atoms with E-state index >= 15 is 0 Å². The summed E-state index contributed by atoms with van der Waals surface area (Å²) in [4.78, 5) is 39.9. The number of amides is 1. The Labute approximate surface area is 330 Å². The molecule has 11 heteroatoms. The van der Waals surface area contributed by atoms with Crippen molar-refractivity contribution in [3.63, 3.8) is 0 Å². The fourth-order valence-electron chi connectivity index (χ4n) is 6.86. The van der Waals surface area contributed by atoms with E-state index in [1.807, 2.05) is 11.9 Å². The molecule has 4 aromatic carbocycles. The molecule has 0 aliphatic heterocycles. The van der Waals surface area contributed by atoms with Crippen molar-refractivity contribution in [1.82, 2.24) is 0 Å². The number of hydrogen-bond acceptors (Lipinski definition) is 9. The minimum atomic E-state index is -1.14. The Morgan fingerprint density at radius 1 is 0.679 bits per heavy atom. The van der Waals surface area contributed by atoms with Crippen LogP contribution in [0.15, 0.2) is 77.0 Å². The lowest BCUT2D eigenvalue weighted by Gasteiger charge is -2.23. The van der Waals surface area contributed by atoms with Crippen molar-refractivity contribution in [1.29, 1.82) is 0 Å². The monoisotopic (exact) mass is 766 g/mol. The number of fused-ring (bicyclic) bond motifs is 1. The van der Waals surface area contributed by atoms with Gasteiger partial charge in [0.2, 0.25) is 0 Å². The van der Waals surface area contributed by atoms with Crippen LogP contribution in [0.3, 0.4) is 0 Å². The first kappa shape index (κ1) is 43.3. The van der Waals surface area contributed by atoms with E-state index in [4.69, 9.17) is 4.74 Å². The van der Waals surface area contributed by atoms with Gasteiger partial charge in [0.25, 0.3) is 5.91 Å². The lowest BCUT2D eigenvalue weighted by molar-refractivity contribution is 0.0599. The van der Waals surface area contributed by atoms with E-state index in [-0.39, 0.29) is 45.3 Å². The van der Waals surface area contributed by atoms with Gasteiger partial charge in [-0.15, -0.1) is 10.2 Å². The number of carbonyl (C=O) groups is 3. The van der Waals surface area contributed by atoms with Crippen LogP contribution in [0.25, 0.3) is 10.8 Å². The Kier molecular flexibility index (Phi) is 17.6. The number of carbonyl (C=O) groups excluding carboxylic acids is 2. The summed E-state index contributed by atoms with van der Waals surface area (Å²) in [7, 11) is 3.15. The number of unbranched alkanes of at least 4 members (excludes halogenated alkanes) is 15. The number of phenols is 2.